The normalized spacial score (nSPS) is 22.6. The first-order chi connectivity index (χ1) is 16.6. The Kier molecular flexibility index (Phi) is 6.04. The fraction of sp³-hybridized carbons (Fsp3) is 0.480. The minimum atomic E-state index is -3.09. The Morgan fingerprint density at radius 3 is 2.40 bits per heavy atom. The summed E-state index contributed by atoms with van der Waals surface area (Å²) in [6, 6.07) is 9.88. The third kappa shape index (κ3) is 4.52. The molecule has 1 saturated heterocycles. The molecule has 3 heterocycles. The van der Waals surface area contributed by atoms with Crippen molar-refractivity contribution in [2.24, 2.45) is 0 Å². The maximum Gasteiger partial charge on any atom is 0.229 e. The first-order valence-electron chi connectivity index (χ1n) is 11.9. The monoisotopic (exact) mass is 497 g/mol. The van der Waals surface area contributed by atoms with Crippen LogP contribution >= 0.6 is 0 Å². The molecule has 0 amide bonds. The number of anilines is 3. The van der Waals surface area contributed by atoms with Crippen LogP contribution in [0.5, 0.6) is 0 Å². The molecule has 1 saturated carbocycles. The predicted molar refractivity (Wildman–Crippen MR) is 135 cm³/mol. The van der Waals surface area contributed by atoms with E-state index < -0.39 is 9.84 Å². The van der Waals surface area contributed by atoms with E-state index in [-0.39, 0.29) is 10.7 Å². The molecule has 2 aliphatic rings. The summed E-state index contributed by atoms with van der Waals surface area (Å²) in [5.41, 5.74) is 3.90. The molecule has 1 aliphatic heterocycles. The van der Waals surface area contributed by atoms with Gasteiger partial charge < -0.3 is 19.5 Å². The summed E-state index contributed by atoms with van der Waals surface area (Å²) in [7, 11) is -3.09. The van der Waals surface area contributed by atoms with Crippen LogP contribution < -0.4 is 10.2 Å². The lowest BCUT2D eigenvalue weighted by molar-refractivity contribution is 0.122. The molecule has 35 heavy (non-hydrogen) atoms. The molecule has 2 fully saturated rings. The molecule has 0 spiro atoms. The highest BCUT2D eigenvalue weighted by molar-refractivity contribution is 7.91. The van der Waals surface area contributed by atoms with E-state index in [1.54, 1.807) is 0 Å². The summed E-state index contributed by atoms with van der Waals surface area (Å²) in [4.78, 5) is 11.7. The maximum absolute atomic E-state index is 12.2. The smallest absolute Gasteiger partial charge is 0.229 e. The van der Waals surface area contributed by atoms with Crippen molar-refractivity contribution in [2.75, 3.05) is 42.8 Å². The Balaban J connectivity index is 1.45. The second-order valence-corrected chi connectivity index (χ2v) is 11.9. The number of nitrogens with one attached hydrogen (secondary N) is 1. The minimum Gasteiger partial charge on any atom is -0.378 e. The van der Waals surface area contributed by atoms with Crippen molar-refractivity contribution in [3.05, 3.63) is 47.3 Å². The Morgan fingerprint density at radius 2 is 1.83 bits per heavy atom. The summed E-state index contributed by atoms with van der Waals surface area (Å²) in [5.74, 6) is 2.00. The lowest BCUT2D eigenvalue weighted by Crippen LogP contribution is -2.50. The van der Waals surface area contributed by atoms with Crippen LogP contribution in [0.2, 0.25) is 0 Å². The molecular formula is C25H31N5O4S. The molecule has 186 valence electrons. The minimum absolute atomic E-state index is 0.333. The molecule has 2 unspecified atom stereocenters. The quantitative estimate of drug-likeness (QED) is 0.544. The van der Waals surface area contributed by atoms with Gasteiger partial charge in [0, 0.05) is 36.5 Å². The van der Waals surface area contributed by atoms with Gasteiger partial charge in [-0.2, -0.15) is 4.98 Å². The molecule has 0 bridgehead atoms. The zero-order valence-electron chi connectivity index (χ0n) is 20.5. The fourth-order valence-corrected chi connectivity index (χ4v) is 6.94. The number of morpholine rings is 1. The molecule has 9 nitrogen and oxygen atoms in total. The number of benzene rings is 1. The van der Waals surface area contributed by atoms with E-state index in [2.05, 4.69) is 15.4 Å². The van der Waals surface area contributed by atoms with E-state index in [1.165, 1.54) is 6.26 Å². The van der Waals surface area contributed by atoms with Gasteiger partial charge >= 0.3 is 0 Å². The molecule has 2 aromatic heterocycles. The Hall–Kier alpha value is -2.98. The van der Waals surface area contributed by atoms with Gasteiger partial charge in [0.1, 0.15) is 11.6 Å². The van der Waals surface area contributed by atoms with E-state index in [1.807, 2.05) is 51.1 Å². The Morgan fingerprint density at radius 1 is 1.11 bits per heavy atom. The third-order valence-corrected chi connectivity index (χ3v) is 9.08. The zero-order chi connectivity index (χ0) is 24.8. The number of rotatable bonds is 6. The number of ether oxygens (including phenoxy) is 1. The second kappa shape index (κ2) is 8.91. The molecule has 3 aromatic rings. The van der Waals surface area contributed by atoms with Crippen LogP contribution in [0.15, 0.2) is 34.9 Å². The van der Waals surface area contributed by atoms with E-state index in [0.717, 1.165) is 53.5 Å². The van der Waals surface area contributed by atoms with E-state index >= 15 is 0 Å². The third-order valence-electron chi connectivity index (χ3n) is 7.29. The topological polar surface area (TPSA) is 110 Å². The number of aryl methyl sites for hydroxylation is 2. The lowest BCUT2D eigenvalue weighted by atomic mass is 9.65. The number of nitrogens with zero attached hydrogens (tertiary/aromatic N) is 4. The molecular weight excluding hydrogens is 466 g/mol. The highest BCUT2D eigenvalue weighted by atomic mass is 32.2. The molecule has 0 radical (unpaired) electrons. The number of sulfone groups is 1. The van der Waals surface area contributed by atoms with Crippen LogP contribution in [-0.4, -0.2) is 61.4 Å². The van der Waals surface area contributed by atoms with Crippen molar-refractivity contribution < 1.29 is 17.7 Å². The zero-order valence-corrected chi connectivity index (χ0v) is 21.4. The average Bonchev–Trinajstić information content (AvgIpc) is 3.15. The molecule has 1 aliphatic carbocycles. The van der Waals surface area contributed by atoms with Crippen molar-refractivity contribution >= 4 is 27.3 Å². The van der Waals surface area contributed by atoms with Gasteiger partial charge in [-0.05, 0) is 44.4 Å². The molecule has 10 heteroatoms. The van der Waals surface area contributed by atoms with E-state index in [9.17, 15) is 8.42 Å². The second-order valence-electron chi connectivity index (χ2n) is 9.71. The summed E-state index contributed by atoms with van der Waals surface area (Å²) in [5, 5.41) is 7.08. The summed E-state index contributed by atoms with van der Waals surface area (Å²) in [6.45, 7) is 8.64. The van der Waals surface area contributed by atoms with Gasteiger partial charge in [-0.15, -0.1) is 0 Å². The van der Waals surface area contributed by atoms with Gasteiger partial charge in [0.05, 0.1) is 35.4 Å². The average molecular weight is 498 g/mol. The van der Waals surface area contributed by atoms with Gasteiger partial charge in [0.2, 0.25) is 5.95 Å². The Bertz CT molecular complexity index is 1310. The first-order valence-corrected chi connectivity index (χ1v) is 13.8. The SMILES string of the molecule is Cc1noc(C)c1-c1cc(N2CCOCC2)nc(Nc2ccc(C3(C)CCC3S(C)(=O)=O)cc2)n1. The highest BCUT2D eigenvalue weighted by Crippen LogP contribution is 2.47. The van der Waals surface area contributed by atoms with E-state index in [4.69, 9.17) is 19.2 Å². The maximum atomic E-state index is 12.2. The van der Waals surface area contributed by atoms with Crippen LogP contribution in [0.3, 0.4) is 0 Å². The molecule has 2 atom stereocenters. The Labute approximate surface area is 205 Å². The number of aromatic nitrogens is 3. The van der Waals surface area contributed by atoms with Crippen LogP contribution in [0, 0.1) is 13.8 Å². The van der Waals surface area contributed by atoms with Crippen molar-refractivity contribution in [1.29, 1.82) is 0 Å². The van der Waals surface area contributed by atoms with E-state index in [0.29, 0.717) is 31.3 Å². The predicted octanol–water partition coefficient (Wildman–Crippen LogP) is 3.79. The largest absolute Gasteiger partial charge is 0.378 e. The summed E-state index contributed by atoms with van der Waals surface area (Å²) < 4.78 is 35.3. The van der Waals surface area contributed by atoms with Crippen LogP contribution in [-0.2, 0) is 20.0 Å². The molecule has 1 N–H and O–H groups in total. The van der Waals surface area contributed by atoms with Gasteiger partial charge in [-0.1, -0.05) is 24.2 Å². The first kappa shape index (κ1) is 23.7. The van der Waals surface area contributed by atoms with Crippen molar-refractivity contribution in [2.45, 2.75) is 44.3 Å². The number of hydrogen-bond donors (Lipinski definition) is 1. The van der Waals surface area contributed by atoms with Crippen molar-refractivity contribution in [3.8, 4) is 11.3 Å². The lowest BCUT2D eigenvalue weighted by Gasteiger charge is -2.46. The highest BCUT2D eigenvalue weighted by Gasteiger charge is 2.49. The fourth-order valence-electron chi connectivity index (χ4n) is 5.20. The van der Waals surface area contributed by atoms with Crippen molar-refractivity contribution in [1.82, 2.24) is 15.1 Å². The molecule has 1 aromatic carbocycles. The van der Waals surface area contributed by atoms with Gasteiger partial charge in [-0.25, -0.2) is 13.4 Å². The van der Waals surface area contributed by atoms with Crippen LogP contribution in [0.1, 0.15) is 36.8 Å². The van der Waals surface area contributed by atoms with Gasteiger partial charge in [-0.3, -0.25) is 0 Å². The summed E-state index contributed by atoms with van der Waals surface area (Å²) in [6.07, 6.45) is 2.91. The summed E-state index contributed by atoms with van der Waals surface area (Å²) >= 11 is 0. The van der Waals surface area contributed by atoms with Crippen LogP contribution in [0.4, 0.5) is 17.5 Å². The van der Waals surface area contributed by atoms with Gasteiger partial charge in [0.15, 0.2) is 9.84 Å². The van der Waals surface area contributed by atoms with Crippen molar-refractivity contribution in [3.63, 3.8) is 0 Å². The molecule has 5 rings (SSSR count). The number of hydrogen-bond acceptors (Lipinski definition) is 9. The van der Waals surface area contributed by atoms with Crippen LogP contribution in [0.25, 0.3) is 11.3 Å². The van der Waals surface area contributed by atoms with Gasteiger partial charge in [0.25, 0.3) is 0 Å². The standard InChI is InChI=1S/C25H31N5O4S/c1-16-23(17(2)34-29-16)20-15-22(30-11-13-33-14-12-30)28-24(27-20)26-19-7-5-18(6-8-19)25(3)10-9-21(25)35(4,31)32/h5-8,15,21H,9-14H2,1-4H3,(H,26,27,28).